The Balaban J connectivity index is 2.00. The summed E-state index contributed by atoms with van der Waals surface area (Å²) in [6, 6.07) is 8.82. The standard InChI is InChI=1S/C16H11F3N6O/c1-2-9-5-3-4-6-10(9)24-8-7-11-12(13(24)26)21-22-15-20-14(16(17,18)19)23-25(11)15/h3-8H,2H2,1H3. The summed E-state index contributed by atoms with van der Waals surface area (Å²) >= 11 is 0. The molecule has 0 atom stereocenters. The second kappa shape index (κ2) is 5.61. The van der Waals surface area contributed by atoms with Gasteiger partial charge in [-0.3, -0.25) is 9.36 Å². The first-order chi connectivity index (χ1) is 12.4. The molecular formula is C16H11F3N6O. The van der Waals surface area contributed by atoms with E-state index in [0.717, 1.165) is 10.1 Å². The monoisotopic (exact) mass is 360 g/mol. The molecular weight excluding hydrogens is 349 g/mol. The number of fused-ring (bicyclic) bond motifs is 3. The lowest BCUT2D eigenvalue weighted by Gasteiger charge is -2.11. The molecule has 0 fully saturated rings. The van der Waals surface area contributed by atoms with E-state index in [1.165, 1.54) is 16.8 Å². The van der Waals surface area contributed by atoms with Crippen LogP contribution in [0.15, 0.2) is 41.3 Å². The lowest BCUT2D eigenvalue weighted by atomic mass is 10.1. The molecule has 0 amide bonds. The van der Waals surface area contributed by atoms with Crippen molar-refractivity contribution in [2.75, 3.05) is 0 Å². The number of benzene rings is 1. The summed E-state index contributed by atoms with van der Waals surface area (Å²) in [7, 11) is 0. The van der Waals surface area contributed by atoms with E-state index >= 15 is 0 Å². The number of nitrogens with zero attached hydrogens (tertiary/aromatic N) is 6. The van der Waals surface area contributed by atoms with Crippen molar-refractivity contribution >= 4 is 16.8 Å². The van der Waals surface area contributed by atoms with Crippen LogP contribution in [0.25, 0.3) is 22.5 Å². The molecule has 0 aliphatic heterocycles. The van der Waals surface area contributed by atoms with Crippen LogP contribution >= 0.6 is 0 Å². The molecule has 132 valence electrons. The molecule has 26 heavy (non-hydrogen) atoms. The number of para-hydroxylation sites is 1. The van der Waals surface area contributed by atoms with E-state index in [4.69, 9.17) is 0 Å². The molecule has 0 saturated carbocycles. The Morgan fingerprint density at radius 1 is 1.12 bits per heavy atom. The maximum Gasteiger partial charge on any atom is 0.453 e. The van der Waals surface area contributed by atoms with Crippen molar-refractivity contribution < 1.29 is 13.2 Å². The highest BCUT2D eigenvalue weighted by Crippen LogP contribution is 2.26. The highest BCUT2D eigenvalue weighted by molar-refractivity contribution is 5.74. The van der Waals surface area contributed by atoms with Gasteiger partial charge in [0.15, 0.2) is 5.52 Å². The van der Waals surface area contributed by atoms with Gasteiger partial charge in [0, 0.05) is 6.20 Å². The van der Waals surface area contributed by atoms with E-state index in [1.54, 1.807) is 12.1 Å². The molecule has 0 aliphatic carbocycles. The number of aromatic nitrogens is 6. The van der Waals surface area contributed by atoms with E-state index in [1.807, 2.05) is 19.1 Å². The van der Waals surface area contributed by atoms with Crippen molar-refractivity contribution in [3.63, 3.8) is 0 Å². The predicted molar refractivity (Wildman–Crippen MR) is 86.1 cm³/mol. The first kappa shape index (κ1) is 16.2. The first-order valence-electron chi connectivity index (χ1n) is 7.70. The fourth-order valence-corrected chi connectivity index (χ4v) is 2.76. The molecule has 0 spiro atoms. The third-order valence-corrected chi connectivity index (χ3v) is 3.99. The van der Waals surface area contributed by atoms with Crippen molar-refractivity contribution in [2.45, 2.75) is 19.5 Å². The van der Waals surface area contributed by atoms with Crippen molar-refractivity contribution in [1.82, 2.24) is 29.4 Å². The molecule has 0 unspecified atom stereocenters. The zero-order valence-corrected chi connectivity index (χ0v) is 13.4. The van der Waals surface area contributed by atoms with E-state index in [2.05, 4.69) is 20.3 Å². The topological polar surface area (TPSA) is 78.0 Å². The molecule has 0 radical (unpaired) electrons. The van der Waals surface area contributed by atoms with Gasteiger partial charge in [0.1, 0.15) is 5.52 Å². The van der Waals surface area contributed by atoms with E-state index in [9.17, 15) is 18.0 Å². The molecule has 0 aliphatic rings. The quantitative estimate of drug-likeness (QED) is 0.549. The molecule has 4 rings (SSSR count). The molecule has 7 nitrogen and oxygen atoms in total. The molecule has 0 N–H and O–H groups in total. The number of pyridine rings is 1. The van der Waals surface area contributed by atoms with Gasteiger partial charge in [0.05, 0.1) is 5.69 Å². The van der Waals surface area contributed by atoms with Crippen LogP contribution in [0.3, 0.4) is 0 Å². The van der Waals surface area contributed by atoms with Gasteiger partial charge in [-0.1, -0.05) is 25.1 Å². The van der Waals surface area contributed by atoms with Crippen molar-refractivity contribution in [3.05, 3.63) is 58.3 Å². The van der Waals surface area contributed by atoms with Gasteiger partial charge in [0.25, 0.3) is 17.2 Å². The Hall–Kier alpha value is -3.30. The van der Waals surface area contributed by atoms with E-state index in [0.29, 0.717) is 12.1 Å². The highest BCUT2D eigenvalue weighted by Gasteiger charge is 2.36. The molecule has 0 saturated heterocycles. The number of aryl methyl sites for hydroxylation is 1. The zero-order chi connectivity index (χ0) is 18.5. The molecule has 3 heterocycles. The largest absolute Gasteiger partial charge is 0.453 e. The lowest BCUT2D eigenvalue weighted by Crippen LogP contribution is -2.21. The highest BCUT2D eigenvalue weighted by atomic mass is 19.4. The first-order valence-corrected chi connectivity index (χ1v) is 7.70. The number of alkyl halides is 3. The molecule has 0 bridgehead atoms. The summed E-state index contributed by atoms with van der Waals surface area (Å²) in [6.07, 6.45) is -2.52. The fourth-order valence-electron chi connectivity index (χ4n) is 2.76. The van der Waals surface area contributed by atoms with E-state index < -0.39 is 17.6 Å². The SMILES string of the molecule is CCc1ccccc1-n1ccc2c(nnc3nc(C(F)(F)F)nn32)c1=O. The summed E-state index contributed by atoms with van der Waals surface area (Å²) in [5.74, 6) is -1.66. The Kier molecular flexibility index (Phi) is 3.49. The van der Waals surface area contributed by atoms with Gasteiger partial charge < -0.3 is 0 Å². The summed E-state index contributed by atoms with van der Waals surface area (Å²) < 4.78 is 40.7. The fraction of sp³-hybridized carbons (Fsp3) is 0.188. The maximum absolute atomic E-state index is 12.8. The van der Waals surface area contributed by atoms with Crippen LogP contribution < -0.4 is 5.56 Å². The van der Waals surface area contributed by atoms with Gasteiger partial charge in [-0.25, -0.2) is 0 Å². The Bertz CT molecular complexity index is 1190. The molecule has 10 heteroatoms. The Morgan fingerprint density at radius 3 is 2.62 bits per heavy atom. The predicted octanol–water partition coefficient (Wildman–Crippen LogP) is 2.40. The average molecular weight is 360 g/mol. The molecule has 4 aromatic rings. The Labute approximate surface area is 143 Å². The molecule has 3 aromatic heterocycles. The summed E-state index contributed by atoms with van der Waals surface area (Å²) in [4.78, 5) is 16.1. The summed E-state index contributed by atoms with van der Waals surface area (Å²) in [6.45, 7) is 1.96. The van der Waals surface area contributed by atoms with Gasteiger partial charge in [-0.2, -0.15) is 22.7 Å². The minimum Gasteiger partial charge on any atom is -0.282 e. The maximum atomic E-state index is 12.8. The van der Waals surface area contributed by atoms with E-state index in [-0.39, 0.29) is 16.8 Å². The normalized spacial score (nSPS) is 12.2. The minimum atomic E-state index is -4.71. The van der Waals surface area contributed by atoms with Crippen LogP contribution in [0, 0.1) is 0 Å². The lowest BCUT2D eigenvalue weighted by molar-refractivity contribution is -0.144. The summed E-state index contributed by atoms with van der Waals surface area (Å²) in [5.41, 5.74) is 1.14. The number of hydrogen-bond donors (Lipinski definition) is 0. The minimum absolute atomic E-state index is 0.0930. The second-order valence-electron chi connectivity index (χ2n) is 5.55. The van der Waals surface area contributed by atoms with Gasteiger partial charge in [-0.15, -0.1) is 15.3 Å². The number of hydrogen-bond acceptors (Lipinski definition) is 5. The second-order valence-corrected chi connectivity index (χ2v) is 5.55. The summed E-state index contributed by atoms with van der Waals surface area (Å²) in [5, 5.41) is 10.8. The smallest absolute Gasteiger partial charge is 0.282 e. The zero-order valence-electron chi connectivity index (χ0n) is 13.4. The average Bonchev–Trinajstić information content (AvgIpc) is 3.07. The van der Waals surface area contributed by atoms with Crippen LogP contribution in [0.1, 0.15) is 18.3 Å². The van der Waals surface area contributed by atoms with Crippen molar-refractivity contribution in [2.24, 2.45) is 0 Å². The number of rotatable bonds is 2. The van der Waals surface area contributed by atoms with Crippen molar-refractivity contribution in [3.8, 4) is 5.69 Å². The van der Waals surface area contributed by atoms with Crippen LogP contribution in [0.5, 0.6) is 0 Å². The van der Waals surface area contributed by atoms with Gasteiger partial charge in [-0.05, 0) is 24.1 Å². The Morgan fingerprint density at radius 2 is 1.88 bits per heavy atom. The van der Waals surface area contributed by atoms with Crippen LogP contribution in [0.2, 0.25) is 0 Å². The third-order valence-electron chi connectivity index (χ3n) is 3.99. The van der Waals surface area contributed by atoms with Gasteiger partial charge >= 0.3 is 6.18 Å². The molecule has 1 aromatic carbocycles. The number of halogens is 3. The van der Waals surface area contributed by atoms with Crippen LogP contribution in [-0.2, 0) is 12.6 Å². The third kappa shape index (κ3) is 2.41. The van der Waals surface area contributed by atoms with Crippen LogP contribution in [0.4, 0.5) is 13.2 Å². The van der Waals surface area contributed by atoms with Crippen molar-refractivity contribution in [1.29, 1.82) is 0 Å². The van der Waals surface area contributed by atoms with Gasteiger partial charge in [0.2, 0.25) is 0 Å². The van der Waals surface area contributed by atoms with Crippen LogP contribution in [-0.4, -0.2) is 29.4 Å².